The van der Waals surface area contributed by atoms with E-state index in [1.54, 1.807) is 0 Å². The summed E-state index contributed by atoms with van der Waals surface area (Å²) in [4.78, 5) is 30.5. The molecule has 3 heterocycles. The van der Waals surface area contributed by atoms with E-state index in [4.69, 9.17) is 9.47 Å². The van der Waals surface area contributed by atoms with Crippen LogP contribution >= 0.6 is 0 Å². The number of aromatic nitrogens is 1. The van der Waals surface area contributed by atoms with Crippen LogP contribution in [0.3, 0.4) is 0 Å². The summed E-state index contributed by atoms with van der Waals surface area (Å²) in [5.41, 5.74) is 3.16. The van der Waals surface area contributed by atoms with Crippen molar-refractivity contribution < 1.29 is 19.1 Å². The van der Waals surface area contributed by atoms with Crippen molar-refractivity contribution in [1.29, 1.82) is 0 Å². The SMILES string of the molecule is Cc1cc2cc(OCC(=O)N3CCC4(CCCCCc5ccccc5OCCN(C)C4=O)CC3)ccc2n1C. The quantitative estimate of drug-likeness (QED) is 0.470. The lowest BCUT2D eigenvalue weighted by Gasteiger charge is -2.42. The molecule has 208 valence electrons. The highest BCUT2D eigenvalue weighted by Crippen LogP contribution is 2.39. The molecule has 3 aromatic rings. The van der Waals surface area contributed by atoms with Crippen LogP contribution in [-0.2, 0) is 23.1 Å². The van der Waals surface area contributed by atoms with Crippen LogP contribution < -0.4 is 9.47 Å². The largest absolute Gasteiger partial charge is 0.491 e. The molecule has 0 saturated carbocycles. The molecule has 2 aliphatic heterocycles. The summed E-state index contributed by atoms with van der Waals surface area (Å²) in [6.45, 7) is 4.28. The number of likely N-dealkylation sites (tertiary alicyclic amines) is 1. The number of likely N-dealkylation sites (N-methyl/N-ethyl adjacent to an activating group) is 1. The van der Waals surface area contributed by atoms with Crippen molar-refractivity contribution in [3.63, 3.8) is 0 Å². The number of carbonyl (C=O) groups excluding carboxylic acids is 2. The van der Waals surface area contributed by atoms with E-state index in [0.717, 1.165) is 48.8 Å². The van der Waals surface area contributed by atoms with Crippen LogP contribution in [0.4, 0.5) is 0 Å². The van der Waals surface area contributed by atoms with Crippen molar-refractivity contribution in [2.24, 2.45) is 12.5 Å². The highest BCUT2D eigenvalue weighted by Gasteiger charge is 2.43. The second-order valence-electron chi connectivity index (χ2n) is 11.3. The average molecular weight is 532 g/mol. The predicted molar refractivity (Wildman–Crippen MR) is 153 cm³/mol. The molecule has 0 atom stereocenters. The summed E-state index contributed by atoms with van der Waals surface area (Å²) in [7, 11) is 3.93. The topological polar surface area (TPSA) is 64.0 Å². The van der Waals surface area contributed by atoms with Crippen LogP contribution in [0.2, 0.25) is 0 Å². The maximum absolute atomic E-state index is 13.7. The summed E-state index contributed by atoms with van der Waals surface area (Å²) in [5, 5.41) is 1.11. The van der Waals surface area contributed by atoms with Gasteiger partial charge in [0.15, 0.2) is 6.61 Å². The smallest absolute Gasteiger partial charge is 0.260 e. The van der Waals surface area contributed by atoms with E-state index in [-0.39, 0.29) is 18.4 Å². The fourth-order valence-electron chi connectivity index (χ4n) is 6.15. The van der Waals surface area contributed by atoms with Gasteiger partial charge >= 0.3 is 0 Å². The number of carbonyl (C=O) groups is 2. The lowest BCUT2D eigenvalue weighted by molar-refractivity contribution is -0.148. The lowest BCUT2D eigenvalue weighted by Crippen LogP contribution is -2.51. The summed E-state index contributed by atoms with van der Waals surface area (Å²) in [6.07, 6.45) is 6.42. The van der Waals surface area contributed by atoms with E-state index >= 15 is 0 Å². The van der Waals surface area contributed by atoms with E-state index < -0.39 is 5.41 Å². The molecule has 1 saturated heterocycles. The third-order valence-corrected chi connectivity index (χ3v) is 8.75. The van der Waals surface area contributed by atoms with E-state index in [2.05, 4.69) is 29.7 Å². The third-order valence-electron chi connectivity index (χ3n) is 8.75. The average Bonchev–Trinajstić information content (AvgIpc) is 3.24. The summed E-state index contributed by atoms with van der Waals surface area (Å²) in [5.74, 6) is 1.80. The van der Waals surface area contributed by atoms with Crippen LogP contribution in [0.15, 0.2) is 48.5 Å². The maximum atomic E-state index is 13.7. The fraction of sp³-hybridized carbons (Fsp3) is 0.500. The molecule has 7 heteroatoms. The number of piperidine rings is 1. The zero-order valence-corrected chi connectivity index (χ0v) is 23.6. The van der Waals surface area contributed by atoms with Gasteiger partial charge in [0.2, 0.25) is 5.91 Å². The number of aryl methyl sites for hydroxylation is 3. The number of para-hydroxylation sites is 1. The highest BCUT2D eigenvalue weighted by atomic mass is 16.5. The Labute approximate surface area is 231 Å². The van der Waals surface area contributed by atoms with E-state index in [1.165, 1.54) is 11.3 Å². The molecule has 0 unspecified atom stereocenters. The molecule has 39 heavy (non-hydrogen) atoms. The van der Waals surface area contributed by atoms with Gasteiger partial charge in [-0.2, -0.15) is 0 Å². The van der Waals surface area contributed by atoms with Gasteiger partial charge in [-0.1, -0.05) is 31.0 Å². The maximum Gasteiger partial charge on any atom is 0.260 e. The first-order valence-electron chi connectivity index (χ1n) is 14.3. The van der Waals surface area contributed by atoms with Crippen molar-refractivity contribution >= 4 is 22.7 Å². The van der Waals surface area contributed by atoms with Gasteiger partial charge in [0.05, 0.1) is 12.0 Å². The normalized spacial score (nSPS) is 18.6. The Morgan fingerprint density at radius 2 is 1.77 bits per heavy atom. The number of nitrogens with zero attached hydrogens (tertiary/aromatic N) is 3. The molecule has 1 spiro atoms. The van der Waals surface area contributed by atoms with E-state index in [1.807, 2.05) is 54.2 Å². The van der Waals surface area contributed by atoms with Crippen molar-refractivity contribution in [1.82, 2.24) is 14.4 Å². The second kappa shape index (κ2) is 11.7. The Kier molecular flexibility index (Phi) is 8.15. The molecule has 7 nitrogen and oxygen atoms in total. The van der Waals surface area contributed by atoms with Gasteiger partial charge in [-0.15, -0.1) is 0 Å². The van der Waals surface area contributed by atoms with Crippen LogP contribution in [0.1, 0.15) is 49.8 Å². The van der Waals surface area contributed by atoms with Gasteiger partial charge in [0, 0.05) is 43.8 Å². The first kappa shape index (κ1) is 27.1. The monoisotopic (exact) mass is 531 g/mol. The van der Waals surface area contributed by atoms with Gasteiger partial charge < -0.3 is 23.8 Å². The molecule has 0 bridgehead atoms. The molecule has 0 N–H and O–H groups in total. The van der Waals surface area contributed by atoms with Gasteiger partial charge in [0.1, 0.15) is 18.1 Å². The van der Waals surface area contributed by atoms with Crippen molar-refractivity contribution in [2.45, 2.75) is 51.9 Å². The Morgan fingerprint density at radius 3 is 2.59 bits per heavy atom. The first-order valence-corrected chi connectivity index (χ1v) is 14.3. The molecule has 5 rings (SSSR count). The minimum atomic E-state index is -0.413. The van der Waals surface area contributed by atoms with Crippen LogP contribution in [0.25, 0.3) is 10.9 Å². The Balaban J connectivity index is 1.18. The number of hydrogen-bond donors (Lipinski definition) is 0. The molecule has 1 fully saturated rings. The van der Waals surface area contributed by atoms with Crippen LogP contribution in [0.5, 0.6) is 11.5 Å². The molecule has 2 aromatic carbocycles. The fourth-order valence-corrected chi connectivity index (χ4v) is 6.15. The minimum absolute atomic E-state index is 0.00999. The number of fused-ring (bicyclic) bond motifs is 2. The molecule has 0 aliphatic carbocycles. The van der Waals surface area contributed by atoms with Gasteiger partial charge in [-0.05, 0) is 74.9 Å². The van der Waals surface area contributed by atoms with Crippen molar-refractivity contribution in [3.05, 3.63) is 59.8 Å². The molecule has 2 aliphatic rings. The predicted octanol–water partition coefficient (Wildman–Crippen LogP) is 5.13. The number of amides is 2. The van der Waals surface area contributed by atoms with E-state index in [0.29, 0.717) is 44.8 Å². The molecular weight excluding hydrogens is 490 g/mol. The van der Waals surface area contributed by atoms with Gasteiger partial charge in [-0.3, -0.25) is 9.59 Å². The summed E-state index contributed by atoms with van der Waals surface area (Å²) in [6, 6.07) is 16.3. The lowest BCUT2D eigenvalue weighted by atomic mass is 9.73. The van der Waals surface area contributed by atoms with Gasteiger partial charge in [0.25, 0.3) is 5.91 Å². The Hall–Kier alpha value is -3.48. The molecule has 2 amide bonds. The minimum Gasteiger partial charge on any atom is -0.491 e. The first-order chi connectivity index (χ1) is 18.9. The summed E-state index contributed by atoms with van der Waals surface area (Å²) < 4.78 is 14.1. The van der Waals surface area contributed by atoms with Crippen molar-refractivity contribution in [2.75, 3.05) is 39.9 Å². The number of benzene rings is 2. The Bertz CT molecular complexity index is 1320. The standard InChI is InChI=1S/C32H41N3O4/c1-24-21-26-22-27(12-13-28(26)34(24)3)39-23-30(36)35-17-15-32(16-18-35)14-8-4-5-9-25-10-6-7-11-29(25)38-20-19-33(2)31(32)37/h6-7,10-13,21-22H,4-5,8-9,14-20,23H2,1-3H3. The van der Waals surface area contributed by atoms with Gasteiger partial charge in [-0.25, -0.2) is 0 Å². The second-order valence-corrected chi connectivity index (χ2v) is 11.3. The molecule has 1 aromatic heterocycles. The number of hydrogen-bond acceptors (Lipinski definition) is 4. The van der Waals surface area contributed by atoms with Crippen LogP contribution in [-0.4, -0.2) is 66.1 Å². The molecule has 0 radical (unpaired) electrons. The zero-order valence-electron chi connectivity index (χ0n) is 23.6. The Morgan fingerprint density at radius 1 is 0.974 bits per heavy atom. The van der Waals surface area contributed by atoms with Crippen LogP contribution in [0, 0.1) is 12.3 Å². The molecular formula is C32H41N3O4. The number of rotatable bonds is 3. The summed E-state index contributed by atoms with van der Waals surface area (Å²) >= 11 is 0. The zero-order chi connectivity index (χ0) is 27.4. The third kappa shape index (κ3) is 5.92. The van der Waals surface area contributed by atoms with Crippen molar-refractivity contribution in [3.8, 4) is 11.5 Å². The van der Waals surface area contributed by atoms with E-state index in [9.17, 15) is 9.59 Å². The highest BCUT2D eigenvalue weighted by molar-refractivity contribution is 5.84. The number of ether oxygens (including phenoxy) is 2.